The molecule has 0 saturated heterocycles. The molecule has 1 aromatic carbocycles. The van der Waals surface area contributed by atoms with Crippen molar-refractivity contribution >= 4 is 23.4 Å². The predicted octanol–water partition coefficient (Wildman–Crippen LogP) is 2.34. The summed E-state index contributed by atoms with van der Waals surface area (Å²) < 4.78 is 6.28. The van der Waals surface area contributed by atoms with E-state index in [0.29, 0.717) is 11.4 Å². The van der Waals surface area contributed by atoms with Crippen LogP contribution in [-0.4, -0.2) is 28.9 Å². The zero-order valence-corrected chi connectivity index (χ0v) is 12.9. The van der Waals surface area contributed by atoms with Crippen LogP contribution in [0.4, 0.5) is 16.2 Å². The Morgan fingerprint density at radius 3 is 2.70 bits per heavy atom. The molecule has 1 aliphatic carbocycles. The summed E-state index contributed by atoms with van der Waals surface area (Å²) in [6.07, 6.45) is 4.03. The fraction of sp³-hybridized carbons (Fsp3) is 0.312. The molecule has 7 nitrogen and oxygen atoms in total. The van der Waals surface area contributed by atoms with Crippen molar-refractivity contribution < 1.29 is 14.3 Å². The van der Waals surface area contributed by atoms with Crippen molar-refractivity contribution in [1.82, 2.24) is 9.78 Å². The van der Waals surface area contributed by atoms with Crippen molar-refractivity contribution in [3.05, 3.63) is 42.2 Å². The third-order valence-corrected chi connectivity index (χ3v) is 3.84. The number of rotatable bonds is 4. The highest BCUT2D eigenvalue weighted by Gasteiger charge is 2.44. The second-order valence-corrected chi connectivity index (χ2v) is 5.58. The van der Waals surface area contributed by atoms with E-state index in [1.807, 2.05) is 13.2 Å². The highest BCUT2D eigenvalue weighted by atomic mass is 16.5. The summed E-state index contributed by atoms with van der Waals surface area (Å²) >= 11 is 0. The number of carbonyl (C=O) groups excluding carboxylic acids is 2. The highest BCUT2D eigenvalue weighted by molar-refractivity contribution is 5.96. The molecule has 2 atom stereocenters. The maximum atomic E-state index is 12.3. The minimum atomic E-state index is -0.549. The number of methoxy groups -OCH3 is 1. The number of hydrogen-bond donors (Lipinski definition) is 2. The molecule has 0 spiro atoms. The van der Waals surface area contributed by atoms with Gasteiger partial charge in [0.25, 0.3) is 0 Å². The van der Waals surface area contributed by atoms with Crippen LogP contribution < -0.4 is 10.6 Å². The number of ether oxygens (including phenoxy) is 1. The third-order valence-electron chi connectivity index (χ3n) is 3.84. The molecule has 0 bridgehead atoms. The lowest BCUT2D eigenvalue weighted by Crippen LogP contribution is -2.15. The average molecular weight is 314 g/mol. The van der Waals surface area contributed by atoms with Gasteiger partial charge in [-0.05, 0) is 36.1 Å². The Balaban J connectivity index is 1.60. The molecule has 2 N–H and O–H groups in total. The van der Waals surface area contributed by atoms with Crippen molar-refractivity contribution in [2.75, 3.05) is 17.7 Å². The first kappa shape index (κ1) is 15.1. The molecule has 3 rings (SSSR count). The Hall–Kier alpha value is -2.83. The van der Waals surface area contributed by atoms with Crippen LogP contribution in [0.25, 0.3) is 0 Å². The monoisotopic (exact) mass is 314 g/mol. The SMILES string of the molecule is COC(=O)Nc1cccc(NC(=O)[C@H]2C[C@H]2c2cnn(C)c2)c1. The van der Waals surface area contributed by atoms with Gasteiger partial charge in [-0.2, -0.15) is 5.10 Å². The zero-order chi connectivity index (χ0) is 16.4. The molecule has 0 aliphatic heterocycles. The summed E-state index contributed by atoms with van der Waals surface area (Å²) in [5, 5.41) is 9.58. The summed E-state index contributed by atoms with van der Waals surface area (Å²) in [6.45, 7) is 0. The summed E-state index contributed by atoms with van der Waals surface area (Å²) in [4.78, 5) is 23.5. The van der Waals surface area contributed by atoms with Gasteiger partial charge in [-0.1, -0.05) is 6.07 Å². The van der Waals surface area contributed by atoms with Crippen LogP contribution in [0, 0.1) is 5.92 Å². The van der Waals surface area contributed by atoms with Gasteiger partial charge in [0.2, 0.25) is 5.91 Å². The number of anilines is 2. The van der Waals surface area contributed by atoms with Crippen LogP contribution >= 0.6 is 0 Å². The summed E-state index contributed by atoms with van der Waals surface area (Å²) in [5.41, 5.74) is 2.30. The number of hydrogen-bond acceptors (Lipinski definition) is 4. The lowest BCUT2D eigenvalue weighted by atomic mass is 10.2. The molecule has 7 heteroatoms. The van der Waals surface area contributed by atoms with E-state index in [2.05, 4.69) is 20.5 Å². The molecule has 1 fully saturated rings. The van der Waals surface area contributed by atoms with Crippen LogP contribution in [-0.2, 0) is 16.6 Å². The molecule has 2 amide bonds. The van der Waals surface area contributed by atoms with Gasteiger partial charge in [0.05, 0.1) is 13.3 Å². The first-order chi connectivity index (χ1) is 11.1. The Kier molecular flexibility index (Phi) is 4.01. The molecule has 1 saturated carbocycles. The number of carbonyl (C=O) groups is 2. The van der Waals surface area contributed by atoms with Gasteiger partial charge in [-0.15, -0.1) is 0 Å². The van der Waals surface area contributed by atoms with Crippen LogP contribution in [0.15, 0.2) is 36.7 Å². The van der Waals surface area contributed by atoms with Crippen LogP contribution in [0.2, 0.25) is 0 Å². The Morgan fingerprint density at radius 2 is 2.04 bits per heavy atom. The van der Waals surface area contributed by atoms with E-state index in [0.717, 1.165) is 12.0 Å². The molecule has 2 aromatic rings. The van der Waals surface area contributed by atoms with Crippen molar-refractivity contribution in [3.8, 4) is 0 Å². The summed E-state index contributed by atoms with van der Waals surface area (Å²) in [5.74, 6) is 0.186. The maximum Gasteiger partial charge on any atom is 0.411 e. The third kappa shape index (κ3) is 3.50. The van der Waals surface area contributed by atoms with Crippen molar-refractivity contribution in [2.45, 2.75) is 12.3 Å². The number of amides is 2. The summed E-state index contributed by atoms with van der Waals surface area (Å²) in [7, 11) is 3.16. The second kappa shape index (κ2) is 6.12. The first-order valence-electron chi connectivity index (χ1n) is 7.31. The quantitative estimate of drug-likeness (QED) is 0.907. The topological polar surface area (TPSA) is 85.2 Å². The van der Waals surface area contributed by atoms with Crippen LogP contribution in [0.3, 0.4) is 0 Å². The van der Waals surface area contributed by atoms with E-state index in [4.69, 9.17) is 0 Å². The Bertz CT molecular complexity index is 740. The van der Waals surface area contributed by atoms with Gasteiger partial charge in [-0.25, -0.2) is 4.79 Å². The second-order valence-electron chi connectivity index (χ2n) is 5.58. The van der Waals surface area contributed by atoms with Crippen LogP contribution in [0.5, 0.6) is 0 Å². The van der Waals surface area contributed by atoms with Gasteiger partial charge in [0.1, 0.15) is 0 Å². The molecule has 0 radical (unpaired) electrons. The van der Waals surface area contributed by atoms with E-state index in [9.17, 15) is 9.59 Å². The fourth-order valence-electron chi connectivity index (χ4n) is 2.56. The van der Waals surface area contributed by atoms with Gasteiger partial charge >= 0.3 is 6.09 Å². The van der Waals surface area contributed by atoms with E-state index >= 15 is 0 Å². The molecule has 1 heterocycles. The molecule has 1 aliphatic rings. The van der Waals surface area contributed by atoms with Gasteiger partial charge in [0, 0.05) is 30.5 Å². The minimum Gasteiger partial charge on any atom is -0.453 e. The van der Waals surface area contributed by atoms with Crippen molar-refractivity contribution in [1.29, 1.82) is 0 Å². The average Bonchev–Trinajstić information content (AvgIpc) is 3.22. The Morgan fingerprint density at radius 1 is 1.30 bits per heavy atom. The number of aromatic nitrogens is 2. The van der Waals surface area contributed by atoms with Crippen LogP contribution in [0.1, 0.15) is 17.9 Å². The normalized spacial score (nSPS) is 19.0. The zero-order valence-electron chi connectivity index (χ0n) is 12.9. The van der Waals surface area contributed by atoms with Gasteiger partial charge < -0.3 is 10.1 Å². The van der Waals surface area contributed by atoms with E-state index in [1.54, 1.807) is 35.1 Å². The van der Waals surface area contributed by atoms with E-state index in [-0.39, 0.29) is 17.7 Å². The summed E-state index contributed by atoms with van der Waals surface area (Å²) in [6, 6.07) is 6.95. The standard InChI is InChI=1S/C16H18N4O3/c1-20-9-10(8-17-20)13-7-14(13)15(21)18-11-4-3-5-12(6-11)19-16(22)23-2/h3-6,8-9,13-14H,7H2,1-2H3,(H,18,21)(H,19,22)/t13-,14-/m0/s1. The van der Waals surface area contributed by atoms with Crippen molar-refractivity contribution in [2.24, 2.45) is 13.0 Å². The van der Waals surface area contributed by atoms with E-state index in [1.165, 1.54) is 7.11 Å². The lowest BCUT2D eigenvalue weighted by Gasteiger charge is -2.08. The molecule has 0 unspecified atom stereocenters. The fourth-order valence-corrected chi connectivity index (χ4v) is 2.56. The lowest BCUT2D eigenvalue weighted by molar-refractivity contribution is -0.117. The van der Waals surface area contributed by atoms with Crippen molar-refractivity contribution in [3.63, 3.8) is 0 Å². The largest absolute Gasteiger partial charge is 0.453 e. The number of nitrogens with one attached hydrogen (secondary N) is 2. The number of aryl methyl sites for hydroxylation is 1. The van der Waals surface area contributed by atoms with Gasteiger partial charge in [0.15, 0.2) is 0 Å². The molecule has 23 heavy (non-hydrogen) atoms. The number of benzene rings is 1. The number of nitrogens with zero attached hydrogens (tertiary/aromatic N) is 2. The molecule has 120 valence electrons. The smallest absolute Gasteiger partial charge is 0.411 e. The minimum absolute atomic E-state index is 0.0194. The maximum absolute atomic E-state index is 12.3. The first-order valence-corrected chi connectivity index (χ1v) is 7.31. The van der Waals surface area contributed by atoms with Gasteiger partial charge in [-0.3, -0.25) is 14.8 Å². The molecule has 1 aromatic heterocycles. The highest BCUT2D eigenvalue weighted by Crippen LogP contribution is 2.47. The Labute approximate surface area is 133 Å². The predicted molar refractivity (Wildman–Crippen MR) is 85.2 cm³/mol. The molecular formula is C16H18N4O3. The van der Waals surface area contributed by atoms with E-state index < -0.39 is 6.09 Å². The molecular weight excluding hydrogens is 296 g/mol.